The van der Waals surface area contributed by atoms with Gasteiger partial charge in [-0.15, -0.1) is 0 Å². The number of pyridine rings is 1. The van der Waals surface area contributed by atoms with Crippen molar-refractivity contribution in [3.63, 3.8) is 0 Å². The lowest BCUT2D eigenvalue weighted by molar-refractivity contribution is 0.1000. The summed E-state index contributed by atoms with van der Waals surface area (Å²) in [6, 6.07) is 3.43. The van der Waals surface area contributed by atoms with E-state index in [1.807, 2.05) is 0 Å². The predicted molar refractivity (Wildman–Crippen MR) is 63.4 cm³/mol. The van der Waals surface area contributed by atoms with E-state index in [0.29, 0.717) is 11.5 Å². The number of rotatable bonds is 2. The lowest BCUT2D eigenvalue weighted by atomic mass is 10.0. The highest BCUT2D eigenvalue weighted by Crippen LogP contribution is 2.21. The van der Waals surface area contributed by atoms with Gasteiger partial charge < -0.3 is 10.6 Å². The summed E-state index contributed by atoms with van der Waals surface area (Å²) in [6.45, 7) is 4.26. The molecule has 1 fully saturated rings. The Hall–Kier alpha value is -1.58. The van der Waals surface area contributed by atoms with Gasteiger partial charge in [-0.3, -0.25) is 4.79 Å². The second-order valence-electron chi connectivity index (χ2n) is 4.46. The van der Waals surface area contributed by atoms with Gasteiger partial charge in [-0.1, -0.05) is 6.92 Å². The Morgan fingerprint density at radius 3 is 3.12 bits per heavy atom. The van der Waals surface area contributed by atoms with E-state index in [2.05, 4.69) is 16.8 Å². The van der Waals surface area contributed by atoms with E-state index in [-0.39, 0.29) is 0 Å². The average molecular weight is 219 g/mol. The second kappa shape index (κ2) is 4.51. The van der Waals surface area contributed by atoms with Crippen molar-refractivity contribution in [2.45, 2.75) is 19.8 Å². The summed E-state index contributed by atoms with van der Waals surface area (Å²) in [7, 11) is 0. The van der Waals surface area contributed by atoms with E-state index < -0.39 is 5.91 Å². The van der Waals surface area contributed by atoms with Crippen molar-refractivity contribution in [2.24, 2.45) is 11.7 Å². The van der Waals surface area contributed by atoms with Crippen molar-refractivity contribution >= 4 is 11.7 Å². The summed E-state index contributed by atoms with van der Waals surface area (Å²) in [6.07, 6.45) is 4.10. The van der Waals surface area contributed by atoms with Gasteiger partial charge in [-0.2, -0.15) is 0 Å². The van der Waals surface area contributed by atoms with Crippen molar-refractivity contribution in [2.75, 3.05) is 18.0 Å². The van der Waals surface area contributed by atoms with E-state index in [4.69, 9.17) is 5.73 Å². The molecule has 2 heterocycles. The minimum Gasteiger partial charge on any atom is -0.366 e. The van der Waals surface area contributed by atoms with Gasteiger partial charge in [0.25, 0.3) is 0 Å². The van der Waals surface area contributed by atoms with Gasteiger partial charge in [0, 0.05) is 24.8 Å². The van der Waals surface area contributed by atoms with Gasteiger partial charge in [0.1, 0.15) is 5.82 Å². The number of aromatic nitrogens is 1. The lowest BCUT2D eigenvalue weighted by Gasteiger charge is -2.31. The summed E-state index contributed by atoms with van der Waals surface area (Å²) in [5, 5.41) is 0. The van der Waals surface area contributed by atoms with Crippen LogP contribution in [0, 0.1) is 5.92 Å². The molecule has 0 spiro atoms. The molecule has 0 aromatic carbocycles. The Bertz CT molecular complexity index is 392. The molecule has 0 saturated carbocycles. The Morgan fingerprint density at radius 1 is 1.62 bits per heavy atom. The van der Waals surface area contributed by atoms with Crippen molar-refractivity contribution < 1.29 is 4.79 Å². The molecular formula is C12H17N3O. The lowest BCUT2D eigenvalue weighted by Crippen LogP contribution is -2.34. The third kappa shape index (κ3) is 2.32. The molecule has 2 rings (SSSR count). The summed E-state index contributed by atoms with van der Waals surface area (Å²) >= 11 is 0. The first kappa shape index (κ1) is 10.9. The van der Waals surface area contributed by atoms with E-state index in [9.17, 15) is 4.79 Å². The number of nitrogens with zero attached hydrogens (tertiary/aromatic N) is 2. The number of nitrogens with two attached hydrogens (primary N) is 1. The van der Waals surface area contributed by atoms with Gasteiger partial charge in [-0.25, -0.2) is 4.98 Å². The summed E-state index contributed by atoms with van der Waals surface area (Å²) in [4.78, 5) is 17.6. The topological polar surface area (TPSA) is 59.2 Å². The molecular weight excluding hydrogens is 202 g/mol. The van der Waals surface area contributed by atoms with Crippen LogP contribution in [0.5, 0.6) is 0 Å². The molecule has 1 amide bonds. The molecule has 86 valence electrons. The average Bonchev–Trinajstić information content (AvgIpc) is 2.29. The van der Waals surface area contributed by atoms with Gasteiger partial charge in [-0.05, 0) is 30.9 Å². The van der Waals surface area contributed by atoms with Crippen LogP contribution < -0.4 is 10.6 Å². The number of carbonyl (C=O) groups is 1. The van der Waals surface area contributed by atoms with Gasteiger partial charge in [0.15, 0.2) is 0 Å². The molecule has 1 aliphatic heterocycles. The van der Waals surface area contributed by atoms with Crippen LogP contribution in [0.4, 0.5) is 5.82 Å². The number of carbonyl (C=O) groups excluding carboxylic acids is 1. The predicted octanol–water partition coefficient (Wildman–Crippen LogP) is 1.42. The number of hydrogen-bond acceptors (Lipinski definition) is 3. The number of primary amides is 1. The largest absolute Gasteiger partial charge is 0.366 e. The minimum absolute atomic E-state index is 0.395. The van der Waals surface area contributed by atoms with Crippen LogP contribution in [-0.4, -0.2) is 24.0 Å². The van der Waals surface area contributed by atoms with E-state index in [1.54, 1.807) is 18.3 Å². The minimum atomic E-state index is -0.395. The van der Waals surface area contributed by atoms with Crippen LogP contribution in [0.15, 0.2) is 18.3 Å². The van der Waals surface area contributed by atoms with Crippen LogP contribution >= 0.6 is 0 Å². The maximum Gasteiger partial charge on any atom is 0.248 e. The molecule has 1 saturated heterocycles. The number of piperidine rings is 1. The third-order valence-corrected chi connectivity index (χ3v) is 3.01. The highest BCUT2D eigenvalue weighted by atomic mass is 16.1. The normalized spacial score (nSPS) is 20.8. The molecule has 1 aromatic heterocycles. The highest BCUT2D eigenvalue weighted by Gasteiger charge is 2.17. The maximum absolute atomic E-state index is 11.1. The van der Waals surface area contributed by atoms with Crippen LogP contribution in [-0.2, 0) is 0 Å². The molecule has 4 heteroatoms. The zero-order valence-electron chi connectivity index (χ0n) is 9.52. The molecule has 1 aromatic rings. The Labute approximate surface area is 95.5 Å². The quantitative estimate of drug-likeness (QED) is 0.818. The summed E-state index contributed by atoms with van der Waals surface area (Å²) in [5.74, 6) is 1.16. The Balaban J connectivity index is 2.19. The number of amides is 1. The van der Waals surface area contributed by atoms with Crippen LogP contribution in [0.2, 0.25) is 0 Å². The molecule has 16 heavy (non-hydrogen) atoms. The summed E-state index contributed by atoms with van der Waals surface area (Å²) < 4.78 is 0. The smallest absolute Gasteiger partial charge is 0.248 e. The van der Waals surface area contributed by atoms with Gasteiger partial charge in [0.05, 0.1) is 0 Å². The fourth-order valence-corrected chi connectivity index (χ4v) is 2.14. The third-order valence-electron chi connectivity index (χ3n) is 3.01. The molecule has 1 aliphatic rings. The van der Waals surface area contributed by atoms with Gasteiger partial charge >= 0.3 is 0 Å². The monoisotopic (exact) mass is 219 g/mol. The molecule has 2 N–H and O–H groups in total. The summed E-state index contributed by atoms with van der Waals surface area (Å²) in [5.41, 5.74) is 5.79. The van der Waals surface area contributed by atoms with E-state index in [1.165, 1.54) is 12.8 Å². The molecule has 0 radical (unpaired) electrons. The Kier molecular flexibility index (Phi) is 3.08. The molecule has 1 atom stereocenters. The maximum atomic E-state index is 11.1. The Morgan fingerprint density at radius 2 is 2.44 bits per heavy atom. The first-order valence-corrected chi connectivity index (χ1v) is 5.67. The van der Waals surface area contributed by atoms with Crippen molar-refractivity contribution in [1.82, 2.24) is 4.98 Å². The van der Waals surface area contributed by atoms with Crippen LogP contribution in [0.25, 0.3) is 0 Å². The first-order valence-electron chi connectivity index (χ1n) is 5.67. The van der Waals surface area contributed by atoms with Crippen molar-refractivity contribution in [3.05, 3.63) is 23.9 Å². The van der Waals surface area contributed by atoms with Gasteiger partial charge in [0.2, 0.25) is 5.91 Å². The molecule has 0 aliphatic carbocycles. The van der Waals surface area contributed by atoms with Crippen molar-refractivity contribution in [1.29, 1.82) is 0 Å². The van der Waals surface area contributed by atoms with Crippen LogP contribution in [0.1, 0.15) is 30.1 Å². The van der Waals surface area contributed by atoms with Crippen molar-refractivity contribution in [3.8, 4) is 0 Å². The highest BCUT2D eigenvalue weighted by molar-refractivity contribution is 5.93. The second-order valence-corrected chi connectivity index (χ2v) is 4.46. The van der Waals surface area contributed by atoms with Crippen LogP contribution in [0.3, 0.4) is 0 Å². The zero-order valence-corrected chi connectivity index (χ0v) is 9.52. The number of anilines is 1. The zero-order chi connectivity index (χ0) is 11.5. The van der Waals surface area contributed by atoms with E-state index >= 15 is 0 Å². The van der Waals surface area contributed by atoms with E-state index in [0.717, 1.165) is 18.9 Å². The molecule has 1 unspecified atom stereocenters. The molecule has 0 bridgehead atoms. The first-order chi connectivity index (χ1) is 7.66. The molecule has 4 nitrogen and oxygen atoms in total. The number of hydrogen-bond donors (Lipinski definition) is 1. The fraction of sp³-hybridized carbons (Fsp3) is 0.500. The SMILES string of the molecule is CC1CCCN(c2cc(C(N)=O)ccn2)C1. The standard InChI is InChI=1S/C12H17N3O/c1-9-3-2-6-15(8-9)11-7-10(12(13)16)4-5-14-11/h4-5,7,9H,2-3,6,8H2,1H3,(H2,13,16). The fourth-order valence-electron chi connectivity index (χ4n) is 2.14.